The van der Waals surface area contributed by atoms with E-state index in [0.29, 0.717) is 5.56 Å². The van der Waals surface area contributed by atoms with E-state index in [1.54, 1.807) is 44.3 Å². The molecule has 2 amide bonds. The zero-order chi connectivity index (χ0) is 17.6. The molecule has 0 spiro atoms. The number of hydrogen-bond acceptors (Lipinski definition) is 4. The molecule has 0 fully saturated rings. The van der Waals surface area contributed by atoms with E-state index >= 15 is 0 Å². The van der Waals surface area contributed by atoms with Crippen molar-refractivity contribution in [2.45, 2.75) is 12.5 Å². The van der Waals surface area contributed by atoms with Crippen molar-refractivity contribution in [3.63, 3.8) is 0 Å². The number of rotatable bonds is 6. The predicted molar refractivity (Wildman–Crippen MR) is 95.8 cm³/mol. The summed E-state index contributed by atoms with van der Waals surface area (Å²) in [6, 6.07) is 8.74. The second-order valence-electron chi connectivity index (χ2n) is 5.54. The normalized spacial score (nSPS) is 13.5. The summed E-state index contributed by atoms with van der Waals surface area (Å²) in [7, 11) is 1.57. The van der Waals surface area contributed by atoms with Crippen molar-refractivity contribution in [1.29, 1.82) is 0 Å². The molecule has 126 valence electrons. The molecule has 0 radical (unpaired) electrons. The van der Waals surface area contributed by atoms with Crippen LogP contribution in [0.5, 0.6) is 0 Å². The van der Waals surface area contributed by atoms with Gasteiger partial charge < -0.3 is 15.7 Å². The minimum absolute atomic E-state index is 0.127. The van der Waals surface area contributed by atoms with Gasteiger partial charge in [0.2, 0.25) is 5.91 Å². The fourth-order valence-electron chi connectivity index (χ4n) is 2.05. The van der Waals surface area contributed by atoms with Gasteiger partial charge in [0.15, 0.2) is 0 Å². The Bertz CT molecular complexity index is 719. The van der Waals surface area contributed by atoms with Gasteiger partial charge in [-0.2, -0.15) is 11.3 Å². The van der Waals surface area contributed by atoms with Gasteiger partial charge in [-0.15, -0.1) is 0 Å². The first-order valence-electron chi connectivity index (χ1n) is 7.45. The Kier molecular flexibility index (Phi) is 5.89. The van der Waals surface area contributed by atoms with E-state index in [-0.39, 0.29) is 18.4 Å². The van der Waals surface area contributed by atoms with Crippen LogP contribution in [0.1, 0.15) is 28.4 Å². The first kappa shape index (κ1) is 17.9. The second kappa shape index (κ2) is 7.90. The molecule has 0 bridgehead atoms. The third kappa shape index (κ3) is 4.78. The summed E-state index contributed by atoms with van der Waals surface area (Å²) in [5.74, 6) is -0.445. The van der Waals surface area contributed by atoms with Crippen molar-refractivity contribution in [2.24, 2.45) is 0 Å². The van der Waals surface area contributed by atoms with Gasteiger partial charge in [0.1, 0.15) is 5.60 Å². The molecular weight excluding hydrogens is 324 g/mol. The summed E-state index contributed by atoms with van der Waals surface area (Å²) in [4.78, 5) is 23.3. The first-order valence-corrected chi connectivity index (χ1v) is 8.40. The van der Waals surface area contributed by atoms with Crippen LogP contribution in [0.2, 0.25) is 0 Å². The molecule has 24 heavy (non-hydrogen) atoms. The van der Waals surface area contributed by atoms with Gasteiger partial charge in [0.05, 0.1) is 6.54 Å². The van der Waals surface area contributed by atoms with Gasteiger partial charge >= 0.3 is 0 Å². The Morgan fingerprint density at radius 1 is 1.25 bits per heavy atom. The van der Waals surface area contributed by atoms with Crippen LogP contribution >= 0.6 is 11.3 Å². The van der Waals surface area contributed by atoms with Gasteiger partial charge in [-0.05, 0) is 53.1 Å². The summed E-state index contributed by atoms with van der Waals surface area (Å²) >= 11 is 1.50. The molecule has 1 heterocycles. The number of carbonyl (C=O) groups is 2. The molecule has 0 saturated carbocycles. The summed E-state index contributed by atoms with van der Waals surface area (Å²) < 4.78 is 0. The summed E-state index contributed by atoms with van der Waals surface area (Å²) in [5, 5.41) is 19.3. The number of benzene rings is 1. The lowest BCUT2D eigenvalue weighted by Crippen LogP contribution is -2.37. The fraction of sp³-hybridized carbons (Fsp3) is 0.222. The standard InChI is InChI=1S/C18H20N2O3S/c1-18(23,15-9-10-24-11-15)12-20-16(21)8-5-13-3-6-14(7-4-13)17(22)19-2/h3-11,23H,12H2,1-2H3,(H,19,22)(H,20,21)/b8-5+. The molecule has 0 aliphatic rings. The monoisotopic (exact) mass is 344 g/mol. The zero-order valence-corrected chi connectivity index (χ0v) is 14.4. The molecule has 1 atom stereocenters. The Hall–Kier alpha value is -2.44. The average molecular weight is 344 g/mol. The Morgan fingerprint density at radius 3 is 2.54 bits per heavy atom. The quantitative estimate of drug-likeness (QED) is 0.703. The SMILES string of the molecule is CNC(=O)c1ccc(/C=C/C(=O)NCC(C)(O)c2ccsc2)cc1. The van der Waals surface area contributed by atoms with Crippen LogP contribution in [-0.4, -0.2) is 30.5 Å². The van der Waals surface area contributed by atoms with Crippen molar-refractivity contribution >= 4 is 29.2 Å². The van der Waals surface area contributed by atoms with E-state index in [9.17, 15) is 14.7 Å². The van der Waals surface area contributed by atoms with E-state index in [2.05, 4.69) is 10.6 Å². The molecule has 0 aliphatic heterocycles. The maximum Gasteiger partial charge on any atom is 0.251 e. The van der Waals surface area contributed by atoms with Gasteiger partial charge in [0.25, 0.3) is 5.91 Å². The Morgan fingerprint density at radius 2 is 1.96 bits per heavy atom. The lowest BCUT2D eigenvalue weighted by Gasteiger charge is -2.22. The highest BCUT2D eigenvalue weighted by molar-refractivity contribution is 7.08. The predicted octanol–water partition coefficient (Wildman–Crippen LogP) is 2.14. The van der Waals surface area contributed by atoms with Gasteiger partial charge in [0, 0.05) is 18.7 Å². The maximum absolute atomic E-state index is 11.9. The van der Waals surface area contributed by atoms with Crippen molar-refractivity contribution < 1.29 is 14.7 Å². The summed E-state index contributed by atoms with van der Waals surface area (Å²) in [5.41, 5.74) is 1.05. The van der Waals surface area contributed by atoms with Crippen LogP contribution in [0, 0.1) is 0 Å². The third-order valence-corrected chi connectivity index (χ3v) is 4.26. The minimum atomic E-state index is -1.10. The second-order valence-corrected chi connectivity index (χ2v) is 6.32. The van der Waals surface area contributed by atoms with Crippen molar-refractivity contribution in [3.8, 4) is 0 Å². The average Bonchev–Trinajstić information content (AvgIpc) is 3.13. The van der Waals surface area contributed by atoms with E-state index in [1.165, 1.54) is 17.4 Å². The zero-order valence-electron chi connectivity index (χ0n) is 13.6. The highest BCUT2D eigenvalue weighted by Gasteiger charge is 2.23. The first-order chi connectivity index (χ1) is 11.4. The van der Waals surface area contributed by atoms with E-state index in [1.807, 2.05) is 16.8 Å². The lowest BCUT2D eigenvalue weighted by molar-refractivity contribution is -0.117. The molecule has 5 nitrogen and oxygen atoms in total. The number of aliphatic hydroxyl groups is 1. The number of nitrogens with one attached hydrogen (secondary N) is 2. The Labute approximate surface area is 145 Å². The largest absolute Gasteiger partial charge is 0.384 e. The smallest absolute Gasteiger partial charge is 0.251 e. The lowest BCUT2D eigenvalue weighted by atomic mass is 9.99. The highest BCUT2D eigenvalue weighted by Crippen LogP contribution is 2.21. The molecule has 6 heteroatoms. The van der Waals surface area contributed by atoms with Gasteiger partial charge in [-0.3, -0.25) is 9.59 Å². The highest BCUT2D eigenvalue weighted by atomic mass is 32.1. The van der Waals surface area contributed by atoms with Crippen LogP contribution in [0.15, 0.2) is 47.2 Å². The maximum atomic E-state index is 11.9. The Balaban J connectivity index is 1.90. The van der Waals surface area contributed by atoms with Crippen molar-refractivity contribution in [1.82, 2.24) is 10.6 Å². The summed E-state index contributed by atoms with van der Waals surface area (Å²) in [6.45, 7) is 1.79. The van der Waals surface area contributed by atoms with E-state index in [4.69, 9.17) is 0 Å². The summed E-state index contributed by atoms with van der Waals surface area (Å²) in [6.07, 6.45) is 3.06. The van der Waals surface area contributed by atoms with Crippen LogP contribution in [0.25, 0.3) is 6.08 Å². The van der Waals surface area contributed by atoms with E-state index in [0.717, 1.165) is 11.1 Å². The topological polar surface area (TPSA) is 78.4 Å². The minimum Gasteiger partial charge on any atom is -0.384 e. The number of thiophene rings is 1. The van der Waals surface area contributed by atoms with Crippen molar-refractivity contribution in [2.75, 3.05) is 13.6 Å². The van der Waals surface area contributed by atoms with Crippen LogP contribution < -0.4 is 10.6 Å². The molecule has 1 unspecified atom stereocenters. The molecule has 0 saturated heterocycles. The van der Waals surface area contributed by atoms with Gasteiger partial charge in [-0.1, -0.05) is 12.1 Å². The van der Waals surface area contributed by atoms with Crippen LogP contribution in [-0.2, 0) is 10.4 Å². The van der Waals surface area contributed by atoms with Crippen LogP contribution in [0.4, 0.5) is 0 Å². The molecule has 1 aromatic heterocycles. The molecule has 1 aromatic carbocycles. The van der Waals surface area contributed by atoms with E-state index < -0.39 is 5.60 Å². The molecule has 2 rings (SSSR count). The van der Waals surface area contributed by atoms with Crippen LogP contribution in [0.3, 0.4) is 0 Å². The molecule has 2 aromatic rings. The van der Waals surface area contributed by atoms with Gasteiger partial charge in [-0.25, -0.2) is 0 Å². The number of amides is 2. The number of carbonyl (C=O) groups excluding carboxylic acids is 2. The molecule has 3 N–H and O–H groups in total. The fourth-order valence-corrected chi connectivity index (χ4v) is 2.84. The number of hydrogen-bond donors (Lipinski definition) is 3. The molecule has 0 aliphatic carbocycles. The van der Waals surface area contributed by atoms with Crippen molar-refractivity contribution in [3.05, 3.63) is 63.9 Å². The third-order valence-electron chi connectivity index (χ3n) is 3.58. The molecular formula is C18H20N2O3S.